The molecule has 0 radical (unpaired) electrons. The van der Waals surface area contributed by atoms with Crippen LogP contribution in [-0.2, 0) is 14.1 Å². The highest BCUT2D eigenvalue weighted by atomic mass is 16.1. The average Bonchev–Trinajstić information content (AvgIpc) is 2.70. The van der Waals surface area contributed by atoms with E-state index in [-0.39, 0.29) is 5.56 Å². The smallest absolute Gasteiger partial charge is 0.267 e. The van der Waals surface area contributed by atoms with Gasteiger partial charge in [-0.05, 0) is 6.92 Å². The predicted octanol–water partition coefficient (Wildman–Crippen LogP) is 1.64. The van der Waals surface area contributed by atoms with Crippen LogP contribution < -0.4 is 5.56 Å². The third kappa shape index (κ3) is 1.66. The molecule has 0 saturated heterocycles. The van der Waals surface area contributed by atoms with E-state index in [1.54, 1.807) is 11.7 Å². The maximum atomic E-state index is 12.2. The monoisotopic (exact) mass is 254 g/mol. The van der Waals surface area contributed by atoms with Crippen molar-refractivity contribution in [2.45, 2.75) is 6.92 Å². The molecular weight excluding hydrogens is 240 g/mol. The van der Waals surface area contributed by atoms with Crippen molar-refractivity contribution in [3.8, 4) is 11.3 Å². The van der Waals surface area contributed by atoms with Crippen LogP contribution in [0.15, 0.2) is 35.1 Å². The highest BCUT2D eigenvalue weighted by Gasteiger charge is 2.17. The van der Waals surface area contributed by atoms with Crippen LogP contribution in [0.2, 0.25) is 0 Å². The zero-order chi connectivity index (χ0) is 13.6. The first kappa shape index (κ1) is 11.6. The van der Waals surface area contributed by atoms with Gasteiger partial charge < -0.3 is 0 Å². The highest BCUT2D eigenvalue weighted by Crippen LogP contribution is 2.25. The number of aromatic nitrogens is 4. The van der Waals surface area contributed by atoms with Crippen molar-refractivity contribution >= 4 is 10.9 Å². The molecule has 0 atom stereocenters. The molecule has 0 aliphatic rings. The van der Waals surface area contributed by atoms with Crippen molar-refractivity contribution in [2.75, 3.05) is 0 Å². The van der Waals surface area contributed by atoms with Crippen LogP contribution >= 0.6 is 0 Å². The second kappa shape index (κ2) is 4.05. The van der Waals surface area contributed by atoms with E-state index in [0.29, 0.717) is 5.39 Å². The Morgan fingerprint density at radius 3 is 2.37 bits per heavy atom. The Labute approximate surface area is 110 Å². The van der Waals surface area contributed by atoms with Gasteiger partial charge in [-0.2, -0.15) is 10.2 Å². The molecule has 3 aromatic rings. The first-order valence-corrected chi connectivity index (χ1v) is 6.05. The number of hydrogen-bond donors (Lipinski definition) is 0. The fraction of sp³-hybridized carbons (Fsp3) is 0.214. The van der Waals surface area contributed by atoms with Gasteiger partial charge in [0.1, 0.15) is 11.2 Å². The Bertz CT molecular complexity index is 815. The summed E-state index contributed by atoms with van der Waals surface area (Å²) in [6, 6.07) is 9.83. The van der Waals surface area contributed by atoms with Gasteiger partial charge in [0.25, 0.3) is 5.56 Å². The van der Waals surface area contributed by atoms with Crippen LogP contribution in [0.1, 0.15) is 5.69 Å². The molecule has 0 saturated carbocycles. The van der Waals surface area contributed by atoms with E-state index in [1.807, 2.05) is 44.3 Å². The topological polar surface area (TPSA) is 52.7 Å². The second-order valence-corrected chi connectivity index (χ2v) is 4.58. The molecule has 0 N–H and O–H groups in total. The number of hydrogen-bond acceptors (Lipinski definition) is 3. The Hall–Kier alpha value is -2.43. The van der Waals surface area contributed by atoms with Crippen LogP contribution in [0.25, 0.3) is 22.2 Å². The van der Waals surface area contributed by atoms with E-state index >= 15 is 0 Å². The SMILES string of the molecule is Cc1nn(C)c2c(-c3ccccc3)nn(C)c(=O)c12. The third-order valence-corrected chi connectivity index (χ3v) is 3.25. The summed E-state index contributed by atoms with van der Waals surface area (Å²) in [6.45, 7) is 1.85. The standard InChI is InChI=1S/C14H14N4O/c1-9-11-13(17(2)15-9)12(16-18(3)14(11)19)10-7-5-4-6-8-10/h4-8H,1-3H3. The number of nitrogens with zero attached hydrogens (tertiary/aromatic N) is 4. The first-order chi connectivity index (χ1) is 9.09. The van der Waals surface area contributed by atoms with E-state index in [4.69, 9.17) is 0 Å². The predicted molar refractivity (Wildman–Crippen MR) is 73.9 cm³/mol. The molecule has 0 spiro atoms. The van der Waals surface area contributed by atoms with Crippen molar-refractivity contribution in [1.82, 2.24) is 19.6 Å². The molecule has 0 aliphatic carbocycles. The van der Waals surface area contributed by atoms with Crippen LogP contribution in [-0.4, -0.2) is 19.6 Å². The minimum atomic E-state index is -0.111. The molecule has 5 nitrogen and oxygen atoms in total. The van der Waals surface area contributed by atoms with E-state index in [0.717, 1.165) is 22.5 Å². The lowest BCUT2D eigenvalue weighted by atomic mass is 10.1. The molecule has 5 heteroatoms. The van der Waals surface area contributed by atoms with Crippen molar-refractivity contribution < 1.29 is 0 Å². The highest BCUT2D eigenvalue weighted by molar-refractivity contribution is 5.92. The van der Waals surface area contributed by atoms with Gasteiger partial charge in [-0.1, -0.05) is 30.3 Å². The second-order valence-electron chi connectivity index (χ2n) is 4.58. The van der Waals surface area contributed by atoms with E-state index in [2.05, 4.69) is 10.2 Å². The molecular formula is C14H14N4O. The van der Waals surface area contributed by atoms with Gasteiger partial charge in [0, 0.05) is 19.7 Å². The third-order valence-electron chi connectivity index (χ3n) is 3.25. The normalized spacial score (nSPS) is 11.1. The van der Waals surface area contributed by atoms with Crippen LogP contribution in [0.5, 0.6) is 0 Å². The summed E-state index contributed by atoms with van der Waals surface area (Å²) >= 11 is 0. The van der Waals surface area contributed by atoms with E-state index in [1.165, 1.54) is 4.68 Å². The number of benzene rings is 1. The van der Waals surface area contributed by atoms with Crippen molar-refractivity contribution in [2.24, 2.45) is 14.1 Å². The molecule has 1 aromatic carbocycles. The molecule has 0 bridgehead atoms. The van der Waals surface area contributed by atoms with Crippen LogP contribution in [0.4, 0.5) is 0 Å². The summed E-state index contributed by atoms with van der Waals surface area (Å²) in [7, 11) is 3.50. The molecule has 3 rings (SSSR count). The Balaban J connectivity index is 2.50. The Morgan fingerprint density at radius 1 is 1.00 bits per heavy atom. The van der Waals surface area contributed by atoms with Gasteiger partial charge in [0.15, 0.2) is 0 Å². The number of aryl methyl sites for hydroxylation is 3. The molecule has 0 aliphatic heterocycles. The summed E-state index contributed by atoms with van der Waals surface area (Å²) in [4.78, 5) is 12.2. The maximum absolute atomic E-state index is 12.2. The summed E-state index contributed by atoms with van der Waals surface area (Å²) in [6.07, 6.45) is 0. The largest absolute Gasteiger partial charge is 0.277 e. The van der Waals surface area contributed by atoms with Gasteiger partial charge in [-0.25, -0.2) is 4.68 Å². The molecule has 2 heterocycles. The summed E-state index contributed by atoms with van der Waals surface area (Å²) in [5.74, 6) is 0. The zero-order valence-corrected chi connectivity index (χ0v) is 11.1. The summed E-state index contributed by atoms with van der Waals surface area (Å²) in [5, 5.41) is 9.37. The van der Waals surface area contributed by atoms with E-state index < -0.39 is 0 Å². The van der Waals surface area contributed by atoms with Crippen molar-refractivity contribution in [3.63, 3.8) is 0 Å². The minimum Gasteiger partial charge on any atom is -0.267 e. The lowest BCUT2D eigenvalue weighted by molar-refractivity contribution is 0.718. The lowest BCUT2D eigenvalue weighted by Crippen LogP contribution is -2.20. The molecule has 19 heavy (non-hydrogen) atoms. The number of rotatable bonds is 1. The van der Waals surface area contributed by atoms with Crippen molar-refractivity contribution in [1.29, 1.82) is 0 Å². The maximum Gasteiger partial charge on any atom is 0.277 e. The van der Waals surface area contributed by atoms with E-state index in [9.17, 15) is 4.79 Å². The Kier molecular flexibility index (Phi) is 2.48. The van der Waals surface area contributed by atoms with Gasteiger partial charge in [-0.15, -0.1) is 0 Å². The fourth-order valence-electron chi connectivity index (χ4n) is 2.38. The molecule has 0 unspecified atom stereocenters. The first-order valence-electron chi connectivity index (χ1n) is 6.05. The van der Waals surface area contributed by atoms with Gasteiger partial charge in [0.2, 0.25) is 0 Å². The average molecular weight is 254 g/mol. The molecule has 96 valence electrons. The van der Waals surface area contributed by atoms with Crippen molar-refractivity contribution in [3.05, 3.63) is 46.4 Å². The molecule has 0 amide bonds. The summed E-state index contributed by atoms with van der Waals surface area (Å²) in [5.41, 5.74) is 3.16. The molecule has 2 aromatic heterocycles. The summed E-state index contributed by atoms with van der Waals surface area (Å²) < 4.78 is 3.10. The lowest BCUT2D eigenvalue weighted by Gasteiger charge is -2.06. The van der Waals surface area contributed by atoms with Gasteiger partial charge >= 0.3 is 0 Å². The zero-order valence-electron chi connectivity index (χ0n) is 11.1. The van der Waals surface area contributed by atoms with Crippen LogP contribution in [0.3, 0.4) is 0 Å². The van der Waals surface area contributed by atoms with Gasteiger partial charge in [0.05, 0.1) is 11.1 Å². The number of fused-ring (bicyclic) bond motifs is 1. The molecule has 0 fully saturated rings. The van der Waals surface area contributed by atoms with Gasteiger partial charge in [-0.3, -0.25) is 9.48 Å². The van der Waals surface area contributed by atoms with Crippen LogP contribution in [0, 0.1) is 6.92 Å². The minimum absolute atomic E-state index is 0.111. The quantitative estimate of drug-likeness (QED) is 0.663. The Morgan fingerprint density at radius 2 is 1.68 bits per heavy atom. The fourth-order valence-corrected chi connectivity index (χ4v) is 2.38.